The minimum atomic E-state index is -0.531. The van der Waals surface area contributed by atoms with E-state index in [1.54, 1.807) is 0 Å². The maximum Gasteiger partial charge on any atom is 0.237 e. The number of hydrogen-bond acceptors (Lipinski definition) is 3. The van der Waals surface area contributed by atoms with E-state index in [1.165, 1.54) is 19.3 Å². The number of amides is 1. The van der Waals surface area contributed by atoms with E-state index in [1.807, 2.05) is 6.92 Å². The smallest absolute Gasteiger partial charge is 0.237 e. The van der Waals surface area contributed by atoms with E-state index in [4.69, 9.17) is 10.5 Å². The zero-order valence-electron chi connectivity index (χ0n) is 11.4. The Balaban J connectivity index is 1.82. The van der Waals surface area contributed by atoms with Gasteiger partial charge in [-0.1, -0.05) is 19.8 Å². The van der Waals surface area contributed by atoms with E-state index in [0.29, 0.717) is 0 Å². The number of nitrogens with one attached hydrogen (secondary N) is 1. The Labute approximate surface area is 110 Å². The fourth-order valence-corrected chi connectivity index (χ4v) is 2.98. The summed E-state index contributed by atoms with van der Waals surface area (Å²) in [6.07, 6.45) is 7.78. The van der Waals surface area contributed by atoms with Crippen molar-refractivity contribution in [2.75, 3.05) is 13.2 Å². The van der Waals surface area contributed by atoms with Gasteiger partial charge in [-0.2, -0.15) is 0 Å². The lowest BCUT2D eigenvalue weighted by Gasteiger charge is -2.39. The van der Waals surface area contributed by atoms with Gasteiger partial charge in [0.05, 0.1) is 6.10 Å². The fraction of sp³-hybridized carbons (Fsp3) is 0.929. The first-order chi connectivity index (χ1) is 8.66. The average Bonchev–Trinajstić information content (AvgIpc) is 3.14. The zero-order chi connectivity index (χ0) is 13.0. The van der Waals surface area contributed by atoms with Crippen LogP contribution in [0.1, 0.15) is 51.9 Å². The molecule has 2 unspecified atom stereocenters. The number of primary amides is 1. The quantitative estimate of drug-likeness (QED) is 0.725. The molecule has 2 saturated carbocycles. The van der Waals surface area contributed by atoms with Gasteiger partial charge in [0.15, 0.2) is 0 Å². The molecule has 1 amide bonds. The van der Waals surface area contributed by atoms with Gasteiger partial charge in [-0.25, -0.2) is 0 Å². The highest BCUT2D eigenvalue weighted by Crippen LogP contribution is 2.34. The van der Waals surface area contributed by atoms with Crippen LogP contribution >= 0.6 is 0 Å². The molecule has 0 spiro atoms. The molecule has 3 N–H and O–H groups in total. The van der Waals surface area contributed by atoms with Gasteiger partial charge >= 0.3 is 0 Å². The van der Waals surface area contributed by atoms with Crippen LogP contribution in [0, 0.1) is 5.92 Å². The van der Waals surface area contributed by atoms with Crippen LogP contribution in [0.2, 0.25) is 0 Å². The van der Waals surface area contributed by atoms with Gasteiger partial charge in [0.1, 0.15) is 5.54 Å². The Morgan fingerprint density at radius 3 is 2.83 bits per heavy atom. The first-order valence-corrected chi connectivity index (χ1v) is 7.33. The fourth-order valence-electron chi connectivity index (χ4n) is 2.98. The molecule has 0 bridgehead atoms. The van der Waals surface area contributed by atoms with Crippen molar-refractivity contribution >= 4 is 5.91 Å². The third kappa shape index (κ3) is 3.45. The summed E-state index contributed by atoms with van der Waals surface area (Å²) in [5, 5.41) is 3.28. The number of nitrogens with two attached hydrogens (primary N) is 1. The maximum absolute atomic E-state index is 11.7. The summed E-state index contributed by atoms with van der Waals surface area (Å²) in [5.74, 6) is 0.683. The molecule has 0 radical (unpaired) electrons. The molecule has 0 aliphatic heterocycles. The molecule has 2 fully saturated rings. The molecule has 18 heavy (non-hydrogen) atoms. The van der Waals surface area contributed by atoms with Crippen molar-refractivity contribution in [2.24, 2.45) is 11.7 Å². The SMILES string of the molecule is CCNC1(C(N)=O)CCCC(OCCC2CC2)C1. The molecular formula is C14H26N2O2. The number of hydrogen-bond donors (Lipinski definition) is 2. The van der Waals surface area contributed by atoms with Crippen molar-refractivity contribution in [3.05, 3.63) is 0 Å². The summed E-state index contributed by atoms with van der Waals surface area (Å²) in [5.41, 5.74) is 5.05. The van der Waals surface area contributed by atoms with Gasteiger partial charge in [-0.3, -0.25) is 4.79 Å². The molecule has 0 aromatic heterocycles. The van der Waals surface area contributed by atoms with Crippen LogP contribution in [0.25, 0.3) is 0 Å². The molecular weight excluding hydrogens is 228 g/mol. The van der Waals surface area contributed by atoms with Crippen molar-refractivity contribution in [3.63, 3.8) is 0 Å². The van der Waals surface area contributed by atoms with Crippen molar-refractivity contribution in [1.29, 1.82) is 0 Å². The summed E-state index contributed by atoms with van der Waals surface area (Å²) >= 11 is 0. The standard InChI is InChI=1S/C14H26N2O2/c1-2-16-14(13(15)17)8-3-4-12(10-14)18-9-7-11-5-6-11/h11-12,16H,2-10H2,1H3,(H2,15,17). The van der Waals surface area contributed by atoms with Crippen LogP contribution in [0.5, 0.6) is 0 Å². The summed E-state index contributed by atoms with van der Waals surface area (Å²) in [6, 6.07) is 0. The third-order valence-electron chi connectivity index (χ3n) is 4.27. The van der Waals surface area contributed by atoms with Gasteiger partial charge in [-0.15, -0.1) is 0 Å². The first-order valence-electron chi connectivity index (χ1n) is 7.33. The first kappa shape index (κ1) is 13.8. The monoisotopic (exact) mass is 254 g/mol. The topological polar surface area (TPSA) is 64.3 Å². The maximum atomic E-state index is 11.7. The second-order valence-corrected chi connectivity index (χ2v) is 5.80. The third-order valence-corrected chi connectivity index (χ3v) is 4.27. The second kappa shape index (κ2) is 6.02. The minimum absolute atomic E-state index is 0.198. The van der Waals surface area contributed by atoms with Crippen LogP contribution in [-0.4, -0.2) is 30.7 Å². The predicted octanol–water partition coefficient (Wildman–Crippen LogP) is 1.58. The van der Waals surface area contributed by atoms with E-state index < -0.39 is 5.54 Å². The average molecular weight is 254 g/mol. The van der Waals surface area contributed by atoms with Crippen molar-refractivity contribution in [3.8, 4) is 0 Å². The molecule has 4 nitrogen and oxygen atoms in total. The Kier molecular flexibility index (Phi) is 4.62. The molecule has 4 heteroatoms. The van der Waals surface area contributed by atoms with Gasteiger partial charge in [-0.05, 0) is 38.1 Å². The number of ether oxygens (including phenoxy) is 1. The predicted molar refractivity (Wildman–Crippen MR) is 71.2 cm³/mol. The van der Waals surface area contributed by atoms with E-state index in [-0.39, 0.29) is 12.0 Å². The Hall–Kier alpha value is -0.610. The summed E-state index contributed by atoms with van der Waals surface area (Å²) in [7, 11) is 0. The van der Waals surface area contributed by atoms with E-state index in [2.05, 4.69) is 5.32 Å². The minimum Gasteiger partial charge on any atom is -0.378 e. The zero-order valence-corrected chi connectivity index (χ0v) is 11.4. The van der Waals surface area contributed by atoms with Crippen LogP contribution < -0.4 is 11.1 Å². The summed E-state index contributed by atoms with van der Waals surface area (Å²) in [6.45, 7) is 3.64. The Bertz CT molecular complexity index is 288. The Morgan fingerprint density at radius 2 is 2.22 bits per heavy atom. The van der Waals surface area contributed by atoms with Gasteiger partial charge in [0, 0.05) is 13.0 Å². The number of carbonyl (C=O) groups excluding carboxylic acids is 1. The lowest BCUT2D eigenvalue weighted by atomic mass is 9.79. The molecule has 0 aromatic carbocycles. The van der Waals surface area contributed by atoms with Gasteiger partial charge < -0.3 is 15.8 Å². The molecule has 2 atom stereocenters. The number of likely N-dealkylation sites (N-methyl/N-ethyl adjacent to an activating group) is 1. The molecule has 104 valence electrons. The van der Waals surface area contributed by atoms with E-state index in [9.17, 15) is 4.79 Å². The normalized spacial score (nSPS) is 32.4. The van der Waals surface area contributed by atoms with E-state index >= 15 is 0 Å². The Morgan fingerprint density at radius 1 is 1.44 bits per heavy atom. The molecule has 2 aliphatic rings. The summed E-state index contributed by atoms with van der Waals surface area (Å²) < 4.78 is 5.94. The lowest BCUT2D eigenvalue weighted by molar-refractivity contribution is -0.128. The van der Waals surface area contributed by atoms with Crippen LogP contribution in [-0.2, 0) is 9.53 Å². The highest BCUT2D eigenvalue weighted by Gasteiger charge is 2.41. The molecule has 0 aromatic rings. The summed E-state index contributed by atoms with van der Waals surface area (Å²) in [4.78, 5) is 11.7. The molecule has 2 aliphatic carbocycles. The van der Waals surface area contributed by atoms with Gasteiger partial charge in [0.2, 0.25) is 5.91 Å². The highest BCUT2D eigenvalue weighted by molar-refractivity contribution is 5.84. The van der Waals surface area contributed by atoms with Crippen LogP contribution in [0.3, 0.4) is 0 Å². The molecule has 2 rings (SSSR count). The van der Waals surface area contributed by atoms with Gasteiger partial charge in [0.25, 0.3) is 0 Å². The van der Waals surface area contributed by atoms with Crippen molar-refractivity contribution in [1.82, 2.24) is 5.32 Å². The van der Waals surface area contributed by atoms with Crippen LogP contribution in [0.4, 0.5) is 0 Å². The van der Waals surface area contributed by atoms with E-state index in [0.717, 1.165) is 44.8 Å². The second-order valence-electron chi connectivity index (χ2n) is 5.80. The lowest BCUT2D eigenvalue weighted by Crippen LogP contribution is -2.58. The number of rotatable bonds is 7. The van der Waals surface area contributed by atoms with Crippen LogP contribution in [0.15, 0.2) is 0 Å². The highest BCUT2D eigenvalue weighted by atomic mass is 16.5. The molecule has 0 heterocycles. The van der Waals surface area contributed by atoms with Crippen molar-refractivity contribution < 1.29 is 9.53 Å². The largest absolute Gasteiger partial charge is 0.378 e. The number of carbonyl (C=O) groups is 1. The van der Waals surface area contributed by atoms with Crippen molar-refractivity contribution in [2.45, 2.75) is 63.5 Å². The molecule has 0 saturated heterocycles.